The minimum Gasteiger partial charge on any atom is -0.467 e. The minimum absolute atomic E-state index is 0.250. The molecule has 25 heavy (non-hydrogen) atoms. The summed E-state index contributed by atoms with van der Waals surface area (Å²) >= 11 is 0. The lowest BCUT2D eigenvalue weighted by Gasteiger charge is -2.13. The van der Waals surface area contributed by atoms with Crippen LogP contribution in [-0.4, -0.2) is 30.2 Å². The van der Waals surface area contributed by atoms with Gasteiger partial charge in [0.2, 0.25) is 0 Å². The van der Waals surface area contributed by atoms with E-state index in [1.165, 1.54) is 0 Å². The van der Waals surface area contributed by atoms with E-state index in [0.717, 1.165) is 11.4 Å². The lowest BCUT2D eigenvalue weighted by molar-refractivity contribution is 0.0942. The molecular formula is C18H19N5O2. The van der Waals surface area contributed by atoms with Crippen LogP contribution in [0.15, 0.2) is 59.2 Å². The Balaban J connectivity index is 1.58. The summed E-state index contributed by atoms with van der Waals surface area (Å²) in [6.45, 7) is 0.311. The first-order chi connectivity index (χ1) is 12.1. The molecule has 2 heterocycles. The van der Waals surface area contributed by atoms with Gasteiger partial charge < -0.3 is 20.0 Å². The van der Waals surface area contributed by atoms with Crippen LogP contribution < -0.4 is 15.5 Å². The van der Waals surface area contributed by atoms with Gasteiger partial charge in [-0.2, -0.15) is 0 Å². The van der Waals surface area contributed by atoms with E-state index in [9.17, 15) is 4.79 Å². The zero-order valence-corrected chi connectivity index (χ0v) is 14.1. The summed E-state index contributed by atoms with van der Waals surface area (Å²) in [5, 5.41) is 13.9. The van der Waals surface area contributed by atoms with Crippen LogP contribution in [0, 0.1) is 0 Å². The van der Waals surface area contributed by atoms with E-state index >= 15 is 0 Å². The predicted octanol–water partition coefficient (Wildman–Crippen LogP) is 2.81. The zero-order chi connectivity index (χ0) is 17.6. The second-order valence-electron chi connectivity index (χ2n) is 5.63. The largest absolute Gasteiger partial charge is 0.467 e. The van der Waals surface area contributed by atoms with Gasteiger partial charge in [-0.1, -0.05) is 0 Å². The molecule has 1 amide bonds. The maximum atomic E-state index is 12.0. The minimum atomic E-state index is -0.300. The lowest BCUT2D eigenvalue weighted by atomic mass is 10.2. The fourth-order valence-electron chi connectivity index (χ4n) is 2.18. The number of hydrogen-bond acceptors (Lipinski definition) is 6. The Morgan fingerprint density at radius 1 is 1.08 bits per heavy atom. The number of benzene rings is 1. The van der Waals surface area contributed by atoms with Gasteiger partial charge in [0, 0.05) is 25.5 Å². The van der Waals surface area contributed by atoms with Crippen molar-refractivity contribution in [2.75, 3.05) is 24.3 Å². The molecule has 0 bridgehead atoms. The summed E-state index contributed by atoms with van der Waals surface area (Å²) < 4.78 is 5.16. The van der Waals surface area contributed by atoms with Crippen molar-refractivity contribution in [3.8, 4) is 0 Å². The molecule has 2 N–H and O–H groups in total. The summed E-state index contributed by atoms with van der Waals surface area (Å²) in [5.41, 5.74) is 2.26. The van der Waals surface area contributed by atoms with Crippen LogP contribution in [0.4, 0.5) is 17.2 Å². The molecule has 2 aromatic heterocycles. The van der Waals surface area contributed by atoms with Crippen molar-refractivity contribution in [2.24, 2.45) is 0 Å². The molecule has 0 spiro atoms. The Kier molecular flexibility index (Phi) is 4.94. The van der Waals surface area contributed by atoms with E-state index in [0.29, 0.717) is 18.1 Å². The summed E-state index contributed by atoms with van der Waals surface area (Å²) in [5.74, 6) is 0.951. The normalized spacial score (nSPS) is 10.3. The average Bonchev–Trinajstić information content (AvgIpc) is 3.14. The molecule has 0 aliphatic rings. The van der Waals surface area contributed by atoms with Gasteiger partial charge in [-0.25, -0.2) is 0 Å². The number of nitrogens with zero attached hydrogens (tertiary/aromatic N) is 3. The van der Waals surface area contributed by atoms with Crippen molar-refractivity contribution in [3.63, 3.8) is 0 Å². The molecule has 0 aliphatic carbocycles. The lowest BCUT2D eigenvalue weighted by Crippen LogP contribution is -2.23. The van der Waals surface area contributed by atoms with E-state index in [4.69, 9.17) is 4.42 Å². The summed E-state index contributed by atoms with van der Waals surface area (Å²) in [7, 11) is 3.98. The van der Waals surface area contributed by atoms with Crippen LogP contribution in [0.5, 0.6) is 0 Å². The van der Waals surface area contributed by atoms with E-state index in [-0.39, 0.29) is 11.6 Å². The first-order valence-electron chi connectivity index (χ1n) is 7.80. The van der Waals surface area contributed by atoms with Gasteiger partial charge in [-0.05, 0) is 48.5 Å². The van der Waals surface area contributed by atoms with Crippen LogP contribution in [0.3, 0.4) is 0 Å². The molecule has 0 saturated carbocycles. The number of rotatable bonds is 6. The Hall–Kier alpha value is -3.35. The van der Waals surface area contributed by atoms with Crippen molar-refractivity contribution in [1.29, 1.82) is 0 Å². The van der Waals surface area contributed by atoms with Gasteiger partial charge >= 0.3 is 0 Å². The molecule has 0 fully saturated rings. The number of carbonyl (C=O) groups is 1. The van der Waals surface area contributed by atoms with Crippen molar-refractivity contribution in [1.82, 2.24) is 15.5 Å². The van der Waals surface area contributed by atoms with E-state index in [2.05, 4.69) is 20.8 Å². The van der Waals surface area contributed by atoms with Gasteiger partial charge in [0.1, 0.15) is 5.76 Å². The Bertz CT molecular complexity index is 812. The monoisotopic (exact) mass is 337 g/mol. The standard InChI is InChI=1S/C18H19N5O2/c1-23(2)14-7-5-13(6-8-14)20-17-10-9-16(21-22-17)18(24)19-12-15-4-3-11-25-15/h3-11H,12H2,1-2H3,(H,19,24)(H,20,22). The quantitative estimate of drug-likeness (QED) is 0.720. The topological polar surface area (TPSA) is 83.3 Å². The van der Waals surface area contributed by atoms with E-state index < -0.39 is 0 Å². The Morgan fingerprint density at radius 3 is 2.48 bits per heavy atom. The van der Waals surface area contributed by atoms with Gasteiger partial charge in [-0.3, -0.25) is 4.79 Å². The fraction of sp³-hybridized carbons (Fsp3) is 0.167. The second kappa shape index (κ2) is 7.48. The molecule has 3 aromatic rings. The third-order valence-electron chi connectivity index (χ3n) is 3.56. The van der Waals surface area contributed by atoms with Crippen LogP contribution in [0.2, 0.25) is 0 Å². The molecule has 0 atom stereocenters. The molecule has 7 nitrogen and oxygen atoms in total. The maximum absolute atomic E-state index is 12.0. The third-order valence-corrected chi connectivity index (χ3v) is 3.56. The molecule has 3 rings (SSSR count). The third kappa shape index (κ3) is 4.35. The van der Waals surface area contributed by atoms with Crippen molar-refractivity contribution >= 4 is 23.1 Å². The second-order valence-corrected chi connectivity index (χ2v) is 5.63. The molecule has 0 unspecified atom stereocenters. The van der Waals surface area contributed by atoms with Crippen LogP contribution in [-0.2, 0) is 6.54 Å². The van der Waals surface area contributed by atoms with Gasteiger partial charge in [-0.15, -0.1) is 10.2 Å². The van der Waals surface area contributed by atoms with Gasteiger partial charge in [0.25, 0.3) is 5.91 Å². The molecule has 1 aromatic carbocycles. The van der Waals surface area contributed by atoms with Crippen molar-refractivity contribution in [3.05, 3.63) is 66.2 Å². The molecular weight excluding hydrogens is 318 g/mol. The van der Waals surface area contributed by atoms with Crippen LogP contribution in [0.1, 0.15) is 16.2 Å². The average molecular weight is 337 g/mol. The Morgan fingerprint density at radius 2 is 1.88 bits per heavy atom. The fourth-order valence-corrected chi connectivity index (χ4v) is 2.18. The van der Waals surface area contributed by atoms with Gasteiger partial charge in [0.05, 0.1) is 12.8 Å². The van der Waals surface area contributed by atoms with E-state index in [1.54, 1.807) is 30.5 Å². The molecule has 7 heteroatoms. The predicted molar refractivity (Wildman–Crippen MR) is 96.0 cm³/mol. The smallest absolute Gasteiger partial charge is 0.272 e. The highest BCUT2D eigenvalue weighted by Gasteiger charge is 2.09. The molecule has 0 radical (unpaired) electrons. The summed E-state index contributed by atoms with van der Waals surface area (Å²) in [6.07, 6.45) is 1.56. The number of hydrogen-bond donors (Lipinski definition) is 2. The number of aromatic nitrogens is 2. The number of nitrogens with one attached hydrogen (secondary N) is 2. The number of amides is 1. The summed E-state index contributed by atoms with van der Waals surface area (Å²) in [4.78, 5) is 14.1. The molecule has 0 saturated heterocycles. The van der Waals surface area contributed by atoms with Crippen LogP contribution in [0.25, 0.3) is 0 Å². The van der Waals surface area contributed by atoms with Crippen molar-refractivity contribution in [2.45, 2.75) is 6.54 Å². The molecule has 0 aliphatic heterocycles. The number of furan rings is 1. The van der Waals surface area contributed by atoms with Crippen molar-refractivity contribution < 1.29 is 9.21 Å². The highest BCUT2D eigenvalue weighted by molar-refractivity contribution is 5.92. The number of carbonyl (C=O) groups excluding carboxylic acids is 1. The first kappa shape index (κ1) is 16.5. The first-order valence-corrected chi connectivity index (χ1v) is 7.80. The number of anilines is 3. The van der Waals surface area contributed by atoms with Gasteiger partial charge in [0.15, 0.2) is 11.5 Å². The highest BCUT2D eigenvalue weighted by atomic mass is 16.3. The maximum Gasteiger partial charge on any atom is 0.272 e. The zero-order valence-electron chi connectivity index (χ0n) is 14.1. The molecule has 128 valence electrons. The van der Waals surface area contributed by atoms with Crippen LogP contribution >= 0.6 is 0 Å². The SMILES string of the molecule is CN(C)c1ccc(Nc2ccc(C(=O)NCc3ccco3)nn2)cc1. The summed E-state index contributed by atoms with van der Waals surface area (Å²) in [6, 6.07) is 14.8. The Labute approximate surface area is 145 Å². The van der Waals surface area contributed by atoms with E-state index in [1.807, 2.05) is 43.3 Å². The highest BCUT2D eigenvalue weighted by Crippen LogP contribution is 2.18.